The van der Waals surface area contributed by atoms with E-state index in [9.17, 15) is 9.59 Å². The predicted molar refractivity (Wildman–Crippen MR) is 99.2 cm³/mol. The molecule has 0 bridgehead atoms. The Morgan fingerprint density at radius 2 is 2.29 bits per heavy atom. The fraction of sp³-hybridized carbons (Fsp3) is 0.312. The number of rotatable bonds is 4. The molecule has 24 heavy (non-hydrogen) atoms. The lowest BCUT2D eigenvalue weighted by molar-refractivity contribution is -0.122. The molecule has 0 saturated carbocycles. The fourth-order valence-corrected chi connectivity index (χ4v) is 4.41. The Balaban J connectivity index is 1.69. The van der Waals surface area contributed by atoms with E-state index in [0.717, 1.165) is 15.6 Å². The van der Waals surface area contributed by atoms with Crippen LogP contribution in [0, 0.1) is 12.8 Å². The summed E-state index contributed by atoms with van der Waals surface area (Å²) in [6.45, 7) is 2.27. The summed E-state index contributed by atoms with van der Waals surface area (Å²) >= 11 is 9.04. The van der Waals surface area contributed by atoms with Crippen molar-refractivity contribution in [2.24, 2.45) is 5.92 Å². The van der Waals surface area contributed by atoms with Crippen molar-refractivity contribution in [3.63, 3.8) is 0 Å². The van der Waals surface area contributed by atoms with Crippen molar-refractivity contribution in [2.45, 2.75) is 17.6 Å². The Morgan fingerprint density at radius 3 is 2.96 bits per heavy atom. The number of amides is 2. The van der Waals surface area contributed by atoms with Crippen molar-refractivity contribution < 1.29 is 9.59 Å². The van der Waals surface area contributed by atoms with Gasteiger partial charge in [0.05, 0.1) is 15.8 Å². The normalized spacial score (nSPS) is 17.4. The van der Waals surface area contributed by atoms with Crippen molar-refractivity contribution in [1.82, 2.24) is 4.98 Å². The summed E-state index contributed by atoms with van der Waals surface area (Å²) in [5.41, 5.74) is 1.63. The molecule has 1 unspecified atom stereocenters. The zero-order valence-corrected chi connectivity index (χ0v) is 15.6. The number of thiazole rings is 1. The van der Waals surface area contributed by atoms with E-state index >= 15 is 0 Å². The van der Waals surface area contributed by atoms with Crippen LogP contribution < -0.4 is 10.2 Å². The van der Waals surface area contributed by atoms with Gasteiger partial charge in [0, 0.05) is 23.7 Å². The average molecular weight is 382 g/mol. The van der Waals surface area contributed by atoms with Crippen molar-refractivity contribution >= 4 is 57.3 Å². The second kappa shape index (κ2) is 7.13. The smallest absolute Gasteiger partial charge is 0.231 e. The molecule has 1 aromatic carbocycles. The average Bonchev–Trinajstić information content (AvgIpc) is 3.10. The van der Waals surface area contributed by atoms with Crippen LogP contribution in [-0.2, 0) is 9.59 Å². The molecule has 1 aromatic heterocycles. The van der Waals surface area contributed by atoms with Crippen LogP contribution in [0.4, 0.5) is 10.8 Å². The SMILES string of the molecule is CSc1sc(NC(=O)C2CC(=O)N(c3cccc(Cl)c3)C2)nc1C. The molecule has 126 valence electrons. The van der Waals surface area contributed by atoms with Gasteiger partial charge in [0.25, 0.3) is 0 Å². The van der Waals surface area contributed by atoms with Gasteiger partial charge in [-0.05, 0) is 31.4 Å². The van der Waals surface area contributed by atoms with Gasteiger partial charge in [-0.3, -0.25) is 9.59 Å². The van der Waals surface area contributed by atoms with Gasteiger partial charge >= 0.3 is 0 Å². The fourth-order valence-electron chi connectivity index (χ4n) is 2.61. The Morgan fingerprint density at radius 1 is 1.50 bits per heavy atom. The number of anilines is 2. The third-order valence-corrected chi connectivity index (χ3v) is 6.30. The number of nitrogens with one attached hydrogen (secondary N) is 1. The molecule has 0 radical (unpaired) electrons. The van der Waals surface area contributed by atoms with Crippen LogP contribution >= 0.6 is 34.7 Å². The maximum absolute atomic E-state index is 12.5. The topological polar surface area (TPSA) is 62.3 Å². The number of carbonyl (C=O) groups is 2. The summed E-state index contributed by atoms with van der Waals surface area (Å²) in [7, 11) is 0. The maximum atomic E-state index is 12.5. The highest BCUT2D eigenvalue weighted by Crippen LogP contribution is 2.32. The van der Waals surface area contributed by atoms with E-state index in [1.165, 1.54) is 11.3 Å². The number of hydrogen-bond acceptors (Lipinski definition) is 5. The van der Waals surface area contributed by atoms with E-state index in [2.05, 4.69) is 10.3 Å². The summed E-state index contributed by atoms with van der Waals surface area (Å²) in [5.74, 6) is -0.634. The van der Waals surface area contributed by atoms with Crippen LogP contribution in [-0.4, -0.2) is 29.6 Å². The molecule has 2 aromatic rings. The van der Waals surface area contributed by atoms with E-state index in [1.54, 1.807) is 34.9 Å². The molecule has 0 aliphatic carbocycles. The number of hydrogen-bond donors (Lipinski definition) is 1. The Labute approximate surface area is 153 Å². The van der Waals surface area contributed by atoms with Gasteiger partial charge in [-0.25, -0.2) is 4.98 Å². The number of halogens is 1. The van der Waals surface area contributed by atoms with E-state index in [0.29, 0.717) is 16.7 Å². The number of aromatic nitrogens is 1. The van der Waals surface area contributed by atoms with Crippen molar-refractivity contribution in [2.75, 3.05) is 23.0 Å². The molecule has 2 amide bonds. The van der Waals surface area contributed by atoms with Crippen LogP contribution in [0.1, 0.15) is 12.1 Å². The second-order valence-corrected chi connectivity index (χ2v) is 7.98. The summed E-state index contributed by atoms with van der Waals surface area (Å²) in [6, 6.07) is 7.10. The molecule has 1 fully saturated rings. The highest BCUT2D eigenvalue weighted by molar-refractivity contribution is 8.00. The van der Waals surface area contributed by atoms with Gasteiger partial charge in [0.2, 0.25) is 11.8 Å². The molecular formula is C16H16ClN3O2S2. The van der Waals surface area contributed by atoms with Gasteiger partial charge in [0.1, 0.15) is 0 Å². The third-order valence-electron chi connectivity index (χ3n) is 3.79. The van der Waals surface area contributed by atoms with Crippen LogP contribution in [0.3, 0.4) is 0 Å². The molecule has 5 nitrogen and oxygen atoms in total. The molecule has 2 heterocycles. The van der Waals surface area contributed by atoms with Crippen LogP contribution in [0.15, 0.2) is 28.5 Å². The minimum atomic E-state index is -0.390. The monoisotopic (exact) mass is 381 g/mol. The molecule has 8 heteroatoms. The third kappa shape index (κ3) is 3.58. The van der Waals surface area contributed by atoms with E-state index < -0.39 is 5.92 Å². The molecule has 1 atom stereocenters. The van der Waals surface area contributed by atoms with Gasteiger partial charge in [0.15, 0.2) is 5.13 Å². The van der Waals surface area contributed by atoms with Gasteiger partial charge in [-0.1, -0.05) is 29.0 Å². The predicted octanol–water partition coefficient (Wildman–Crippen LogP) is 3.82. The first-order chi connectivity index (χ1) is 11.5. The molecule has 1 N–H and O–H groups in total. The van der Waals surface area contributed by atoms with Gasteiger partial charge in [-0.2, -0.15) is 0 Å². The number of carbonyl (C=O) groups excluding carboxylic acids is 2. The van der Waals surface area contributed by atoms with Crippen LogP contribution in [0.2, 0.25) is 5.02 Å². The van der Waals surface area contributed by atoms with Gasteiger partial charge in [-0.15, -0.1) is 11.8 Å². The Kier molecular flexibility index (Phi) is 5.12. The number of benzene rings is 1. The van der Waals surface area contributed by atoms with E-state index in [-0.39, 0.29) is 18.2 Å². The molecule has 0 spiro atoms. The molecule has 3 rings (SSSR count). The zero-order valence-electron chi connectivity index (χ0n) is 13.2. The maximum Gasteiger partial charge on any atom is 0.231 e. The molecular weight excluding hydrogens is 366 g/mol. The molecule has 1 aliphatic heterocycles. The van der Waals surface area contributed by atoms with Crippen molar-refractivity contribution in [3.8, 4) is 0 Å². The van der Waals surface area contributed by atoms with E-state index in [4.69, 9.17) is 11.6 Å². The van der Waals surface area contributed by atoms with Crippen molar-refractivity contribution in [1.29, 1.82) is 0 Å². The lowest BCUT2D eigenvalue weighted by Gasteiger charge is -2.16. The zero-order chi connectivity index (χ0) is 17.3. The minimum Gasteiger partial charge on any atom is -0.312 e. The van der Waals surface area contributed by atoms with E-state index in [1.807, 2.05) is 19.2 Å². The highest BCUT2D eigenvalue weighted by Gasteiger charge is 2.35. The first-order valence-corrected chi connectivity index (χ1v) is 9.78. The number of nitrogens with zero attached hydrogens (tertiary/aromatic N) is 2. The number of thioether (sulfide) groups is 1. The minimum absolute atomic E-state index is 0.0717. The van der Waals surface area contributed by atoms with Crippen molar-refractivity contribution in [3.05, 3.63) is 35.0 Å². The standard InChI is InChI=1S/C16H16ClN3O2S2/c1-9-15(23-2)24-16(18-9)19-14(22)10-6-13(21)20(8-10)12-5-3-4-11(17)7-12/h3-5,7,10H,6,8H2,1-2H3,(H,18,19,22). The first kappa shape index (κ1) is 17.3. The largest absolute Gasteiger partial charge is 0.312 e. The van der Waals surface area contributed by atoms with Crippen LogP contribution in [0.25, 0.3) is 0 Å². The lowest BCUT2D eigenvalue weighted by Crippen LogP contribution is -2.28. The molecule has 1 saturated heterocycles. The quantitative estimate of drug-likeness (QED) is 0.818. The van der Waals surface area contributed by atoms with Gasteiger partial charge < -0.3 is 10.2 Å². The summed E-state index contributed by atoms with van der Waals surface area (Å²) < 4.78 is 1.08. The summed E-state index contributed by atoms with van der Waals surface area (Å²) in [5, 5.41) is 3.98. The Bertz CT molecular complexity index is 793. The highest BCUT2D eigenvalue weighted by atomic mass is 35.5. The lowest BCUT2D eigenvalue weighted by atomic mass is 10.1. The molecule has 1 aliphatic rings. The first-order valence-electron chi connectivity index (χ1n) is 7.36. The van der Waals surface area contributed by atoms with Crippen LogP contribution in [0.5, 0.6) is 0 Å². The second-order valence-electron chi connectivity index (χ2n) is 5.47. The summed E-state index contributed by atoms with van der Waals surface area (Å²) in [6.07, 6.45) is 2.17. The Hall–Kier alpha value is -1.57. The summed E-state index contributed by atoms with van der Waals surface area (Å²) in [4.78, 5) is 30.7. The number of aryl methyl sites for hydroxylation is 1.